The Morgan fingerprint density at radius 3 is 2.70 bits per heavy atom. The van der Waals surface area contributed by atoms with Gasteiger partial charge in [0.25, 0.3) is 5.89 Å². The summed E-state index contributed by atoms with van der Waals surface area (Å²) < 4.78 is 11.2. The second-order valence-electron chi connectivity index (χ2n) is 4.79. The topological polar surface area (TPSA) is 65.2 Å². The van der Waals surface area contributed by atoms with E-state index < -0.39 is 5.97 Å². The van der Waals surface area contributed by atoms with Gasteiger partial charge in [0.1, 0.15) is 0 Å². The molecule has 0 atom stereocenters. The van der Waals surface area contributed by atoms with E-state index in [1.54, 1.807) is 12.1 Å². The number of rotatable bonds is 5. The number of nitrogens with zero attached hydrogens (tertiary/aromatic N) is 2. The Hall–Kier alpha value is -1.44. The van der Waals surface area contributed by atoms with Gasteiger partial charge in [-0.15, -0.1) is 0 Å². The largest absolute Gasteiger partial charge is 0.452 e. The van der Waals surface area contributed by atoms with E-state index in [1.807, 2.05) is 12.1 Å². The summed E-state index contributed by atoms with van der Waals surface area (Å²) in [6, 6.07) is 7.15. The van der Waals surface area contributed by atoms with E-state index >= 15 is 0 Å². The van der Waals surface area contributed by atoms with Gasteiger partial charge in [-0.25, -0.2) is 4.79 Å². The molecule has 0 saturated heterocycles. The zero-order valence-electron chi connectivity index (χ0n) is 11.3. The Labute approximate surface area is 130 Å². The number of ether oxygens (including phenoxy) is 1. The molecule has 0 radical (unpaired) electrons. The van der Waals surface area contributed by atoms with Gasteiger partial charge < -0.3 is 9.26 Å². The summed E-state index contributed by atoms with van der Waals surface area (Å²) in [6.45, 7) is 4.15. The maximum Gasteiger partial charge on any atom is 0.338 e. The third-order valence-corrected chi connectivity index (χ3v) is 3.23. The van der Waals surface area contributed by atoms with Gasteiger partial charge in [0.2, 0.25) is 0 Å². The number of esters is 1. The maximum atomic E-state index is 11.8. The molecule has 0 aliphatic heterocycles. The molecule has 0 N–H and O–H groups in total. The van der Waals surface area contributed by atoms with E-state index in [0.29, 0.717) is 23.2 Å². The van der Waals surface area contributed by atoms with E-state index in [9.17, 15) is 4.79 Å². The molecule has 0 aliphatic rings. The number of hydrogen-bond donors (Lipinski definition) is 0. The molecule has 1 aromatic heterocycles. The average Bonchev–Trinajstić information content (AvgIpc) is 2.83. The molecule has 20 heavy (non-hydrogen) atoms. The molecule has 1 aromatic carbocycles. The second kappa shape index (κ2) is 6.83. The molecular formula is C14H15IN2O3. The molecule has 2 aromatic rings. The van der Waals surface area contributed by atoms with Crippen LogP contribution in [0.15, 0.2) is 28.8 Å². The smallest absolute Gasteiger partial charge is 0.338 e. The highest BCUT2D eigenvalue weighted by Crippen LogP contribution is 2.10. The van der Waals surface area contributed by atoms with E-state index in [0.717, 1.165) is 9.99 Å². The van der Waals surface area contributed by atoms with Gasteiger partial charge in [-0.3, -0.25) is 0 Å². The van der Waals surface area contributed by atoms with Crippen molar-refractivity contribution in [3.05, 3.63) is 45.1 Å². The normalized spacial score (nSPS) is 10.8. The first-order valence-electron chi connectivity index (χ1n) is 6.28. The number of hydrogen-bond acceptors (Lipinski definition) is 5. The number of halogens is 1. The Bertz CT molecular complexity index is 578. The molecular weight excluding hydrogens is 371 g/mol. The molecule has 1 heterocycles. The fraction of sp³-hybridized carbons (Fsp3) is 0.357. The lowest BCUT2D eigenvalue weighted by Gasteiger charge is -2.01. The highest BCUT2D eigenvalue weighted by molar-refractivity contribution is 14.1. The minimum absolute atomic E-state index is 0.00405. The van der Waals surface area contributed by atoms with Gasteiger partial charge in [0, 0.05) is 9.99 Å². The van der Waals surface area contributed by atoms with Gasteiger partial charge in [-0.2, -0.15) is 4.98 Å². The third kappa shape index (κ3) is 4.29. The summed E-state index contributed by atoms with van der Waals surface area (Å²) in [6.07, 6.45) is 0.745. The number of aromatic nitrogens is 2. The minimum Gasteiger partial charge on any atom is -0.452 e. The molecule has 0 spiro atoms. The predicted molar refractivity (Wildman–Crippen MR) is 81.1 cm³/mol. The van der Waals surface area contributed by atoms with Gasteiger partial charge in [-0.05, 0) is 52.8 Å². The van der Waals surface area contributed by atoms with Crippen molar-refractivity contribution in [3.63, 3.8) is 0 Å². The summed E-state index contributed by atoms with van der Waals surface area (Å²) in [5.41, 5.74) is 0.507. The van der Waals surface area contributed by atoms with Crippen LogP contribution in [-0.4, -0.2) is 16.1 Å². The maximum absolute atomic E-state index is 11.8. The lowest BCUT2D eigenvalue weighted by Crippen LogP contribution is -2.05. The van der Waals surface area contributed by atoms with E-state index in [2.05, 4.69) is 46.6 Å². The van der Waals surface area contributed by atoms with Crippen molar-refractivity contribution in [2.24, 2.45) is 5.92 Å². The lowest BCUT2D eigenvalue weighted by molar-refractivity contribution is 0.0430. The van der Waals surface area contributed by atoms with Gasteiger partial charge in [0.05, 0.1) is 5.56 Å². The lowest BCUT2D eigenvalue weighted by atomic mass is 10.1. The van der Waals surface area contributed by atoms with Crippen molar-refractivity contribution in [2.45, 2.75) is 26.9 Å². The average molecular weight is 386 g/mol. The quantitative estimate of drug-likeness (QED) is 0.583. The second-order valence-corrected chi connectivity index (χ2v) is 6.03. The van der Waals surface area contributed by atoms with Crippen LogP contribution < -0.4 is 0 Å². The molecule has 106 valence electrons. The van der Waals surface area contributed by atoms with Crippen molar-refractivity contribution >= 4 is 28.6 Å². The van der Waals surface area contributed by atoms with Crippen molar-refractivity contribution in [2.75, 3.05) is 0 Å². The molecule has 0 amide bonds. The summed E-state index contributed by atoms with van der Waals surface area (Å²) in [5.74, 6) is 1.01. The molecule has 0 saturated carbocycles. The summed E-state index contributed by atoms with van der Waals surface area (Å²) in [7, 11) is 0. The Balaban J connectivity index is 1.90. The molecule has 6 heteroatoms. The van der Waals surface area contributed by atoms with Crippen LogP contribution in [0, 0.1) is 9.49 Å². The molecule has 5 nitrogen and oxygen atoms in total. The van der Waals surface area contributed by atoms with Crippen molar-refractivity contribution in [1.82, 2.24) is 10.1 Å². The Morgan fingerprint density at radius 1 is 1.35 bits per heavy atom. The van der Waals surface area contributed by atoms with Crippen LogP contribution in [-0.2, 0) is 17.8 Å². The van der Waals surface area contributed by atoms with Gasteiger partial charge >= 0.3 is 5.97 Å². The summed E-state index contributed by atoms with van der Waals surface area (Å²) in [4.78, 5) is 16.0. The zero-order chi connectivity index (χ0) is 14.5. The first-order valence-corrected chi connectivity index (χ1v) is 7.36. The molecule has 0 unspecified atom stereocenters. The first-order chi connectivity index (χ1) is 9.54. The van der Waals surface area contributed by atoms with Crippen molar-refractivity contribution in [1.29, 1.82) is 0 Å². The monoisotopic (exact) mass is 386 g/mol. The fourth-order valence-electron chi connectivity index (χ4n) is 1.59. The van der Waals surface area contributed by atoms with Crippen LogP contribution in [0.3, 0.4) is 0 Å². The fourth-order valence-corrected chi connectivity index (χ4v) is 1.95. The Kier molecular flexibility index (Phi) is 5.11. The standard InChI is InChI=1S/C14H15IN2O3/c1-9(2)7-12-16-13(20-17-12)8-19-14(18)10-3-5-11(15)6-4-10/h3-6,9H,7-8H2,1-2H3. The highest BCUT2D eigenvalue weighted by atomic mass is 127. The highest BCUT2D eigenvalue weighted by Gasteiger charge is 2.12. The first kappa shape index (κ1) is 15.0. The molecule has 0 fully saturated rings. The summed E-state index contributed by atoms with van der Waals surface area (Å²) in [5, 5.41) is 3.84. The minimum atomic E-state index is -0.398. The number of benzene rings is 1. The van der Waals surface area contributed by atoms with E-state index in [4.69, 9.17) is 9.26 Å². The Morgan fingerprint density at radius 2 is 2.05 bits per heavy atom. The third-order valence-electron chi connectivity index (χ3n) is 2.51. The molecule has 0 aliphatic carbocycles. The van der Waals surface area contributed by atoms with Crippen LogP contribution in [0.4, 0.5) is 0 Å². The molecule has 0 bridgehead atoms. The van der Waals surface area contributed by atoms with E-state index in [1.165, 1.54) is 0 Å². The van der Waals surface area contributed by atoms with Crippen LogP contribution in [0.5, 0.6) is 0 Å². The SMILES string of the molecule is CC(C)Cc1noc(COC(=O)c2ccc(I)cc2)n1. The van der Waals surface area contributed by atoms with Gasteiger partial charge in [0.15, 0.2) is 12.4 Å². The van der Waals surface area contributed by atoms with Crippen molar-refractivity contribution in [3.8, 4) is 0 Å². The van der Waals surface area contributed by atoms with Crippen LogP contribution in [0.25, 0.3) is 0 Å². The number of carbonyl (C=O) groups excluding carboxylic acids is 1. The number of carbonyl (C=O) groups is 1. The summed E-state index contributed by atoms with van der Waals surface area (Å²) >= 11 is 2.18. The van der Waals surface area contributed by atoms with Crippen molar-refractivity contribution < 1.29 is 14.1 Å². The van der Waals surface area contributed by atoms with Gasteiger partial charge in [-0.1, -0.05) is 19.0 Å². The zero-order valence-corrected chi connectivity index (χ0v) is 13.5. The van der Waals surface area contributed by atoms with Crippen LogP contribution >= 0.6 is 22.6 Å². The predicted octanol–water partition coefficient (Wildman–Crippen LogP) is 3.23. The van der Waals surface area contributed by atoms with E-state index in [-0.39, 0.29) is 6.61 Å². The molecule has 2 rings (SSSR count). The van der Waals surface area contributed by atoms with Crippen LogP contribution in [0.1, 0.15) is 35.9 Å². The van der Waals surface area contributed by atoms with Crippen LogP contribution in [0.2, 0.25) is 0 Å².